The van der Waals surface area contributed by atoms with E-state index < -0.39 is 0 Å². The van der Waals surface area contributed by atoms with E-state index in [2.05, 4.69) is 44.6 Å². The maximum Gasteiger partial charge on any atom is 0.134 e. The highest BCUT2D eigenvalue weighted by Gasteiger charge is 2.05. The zero-order valence-electron chi connectivity index (χ0n) is 13.8. The largest absolute Gasteiger partial charge is 0.488 e. The monoisotopic (exact) mass is 515 g/mol. The second-order valence-corrected chi connectivity index (χ2v) is 7.74. The molecule has 0 radical (unpaired) electrons. The first-order valence-corrected chi connectivity index (χ1v) is 9.87. The van der Waals surface area contributed by atoms with Crippen LogP contribution in [0.25, 0.3) is 11.6 Å². The molecule has 0 aliphatic heterocycles. The Morgan fingerprint density at radius 2 is 1.77 bits per heavy atom. The van der Waals surface area contributed by atoms with Crippen LogP contribution in [-0.4, -0.2) is 0 Å². The quantitative estimate of drug-likeness (QED) is 0.215. The van der Waals surface area contributed by atoms with Crippen LogP contribution in [0.1, 0.15) is 16.7 Å². The molecule has 0 bridgehead atoms. The molecule has 3 rings (SSSR count). The van der Waals surface area contributed by atoms with Gasteiger partial charge >= 0.3 is 0 Å². The average molecular weight is 516 g/mol. The molecule has 3 aromatic carbocycles. The smallest absolute Gasteiger partial charge is 0.134 e. The lowest BCUT2D eigenvalue weighted by molar-refractivity contribution is 0.304. The number of rotatable bonds is 5. The van der Waals surface area contributed by atoms with Crippen LogP contribution in [-0.2, 0) is 6.61 Å². The maximum atomic E-state index is 9.49. The lowest BCUT2D eigenvalue weighted by atomic mass is 10.0. The average Bonchev–Trinajstić information content (AvgIpc) is 2.67. The first-order chi connectivity index (χ1) is 12.7. The van der Waals surface area contributed by atoms with Crippen molar-refractivity contribution >= 4 is 50.2 Å². The first-order valence-electron chi connectivity index (χ1n) is 8.00. The predicted molar refractivity (Wildman–Crippen MR) is 118 cm³/mol. The zero-order chi connectivity index (χ0) is 18.4. The fourth-order valence-corrected chi connectivity index (χ4v) is 3.31. The van der Waals surface area contributed by atoms with Crippen molar-refractivity contribution in [2.45, 2.75) is 6.61 Å². The SMILES string of the molecule is N#C/C(=C/c1ccc(OCc2ccccc2)c(Br)c1)c1ccc(I)cc1. The highest BCUT2D eigenvalue weighted by Crippen LogP contribution is 2.29. The molecular formula is C22H15BrINO. The fraction of sp³-hybridized carbons (Fsp3) is 0.0455. The highest BCUT2D eigenvalue weighted by atomic mass is 127. The number of hydrogen-bond acceptors (Lipinski definition) is 2. The van der Waals surface area contributed by atoms with Crippen LogP contribution in [0.2, 0.25) is 0 Å². The molecule has 0 aromatic heterocycles. The third-order valence-corrected chi connectivity index (χ3v) is 5.12. The van der Waals surface area contributed by atoms with Crippen LogP contribution in [0.4, 0.5) is 0 Å². The van der Waals surface area contributed by atoms with Gasteiger partial charge in [-0.1, -0.05) is 48.5 Å². The van der Waals surface area contributed by atoms with Gasteiger partial charge in [0.25, 0.3) is 0 Å². The third-order valence-electron chi connectivity index (χ3n) is 3.78. The van der Waals surface area contributed by atoms with Crippen LogP contribution in [0.15, 0.2) is 77.3 Å². The van der Waals surface area contributed by atoms with E-state index in [1.165, 1.54) is 0 Å². The molecule has 0 atom stereocenters. The first kappa shape index (κ1) is 18.7. The summed E-state index contributed by atoms with van der Waals surface area (Å²) in [6.07, 6.45) is 1.88. The minimum Gasteiger partial charge on any atom is -0.488 e. The van der Waals surface area contributed by atoms with Crippen molar-refractivity contribution in [1.29, 1.82) is 5.26 Å². The second kappa shape index (κ2) is 9.02. The van der Waals surface area contributed by atoms with Gasteiger partial charge in [0, 0.05) is 3.57 Å². The van der Waals surface area contributed by atoms with Crippen LogP contribution in [0.5, 0.6) is 5.75 Å². The molecule has 0 amide bonds. The number of nitrogens with zero attached hydrogens (tertiary/aromatic N) is 1. The van der Waals surface area contributed by atoms with Gasteiger partial charge in [0.2, 0.25) is 0 Å². The Bertz CT molecular complexity index is 960. The van der Waals surface area contributed by atoms with Crippen molar-refractivity contribution in [3.63, 3.8) is 0 Å². The number of allylic oxidation sites excluding steroid dienone is 1. The van der Waals surface area contributed by atoms with Crippen molar-refractivity contribution < 1.29 is 4.74 Å². The molecule has 3 aromatic rings. The number of halogens is 2. The molecule has 26 heavy (non-hydrogen) atoms. The molecule has 0 aliphatic rings. The van der Waals surface area contributed by atoms with Crippen LogP contribution in [0, 0.1) is 14.9 Å². The minimum atomic E-state index is 0.515. The van der Waals surface area contributed by atoms with E-state index in [-0.39, 0.29) is 0 Å². The Morgan fingerprint density at radius 1 is 1.04 bits per heavy atom. The van der Waals surface area contributed by atoms with Crippen molar-refractivity contribution in [2.75, 3.05) is 0 Å². The summed E-state index contributed by atoms with van der Waals surface area (Å²) in [6.45, 7) is 0.515. The van der Waals surface area contributed by atoms with Crippen LogP contribution >= 0.6 is 38.5 Å². The van der Waals surface area contributed by atoms with Gasteiger partial charge in [-0.2, -0.15) is 5.26 Å². The number of ether oxygens (including phenoxy) is 1. The number of benzene rings is 3. The molecule has 0 heterocycles. The Kier molecular flexibility index (Phi) is 6.48. The molecule has 0 saturated heterocycles. The van der Waals surface area contributed by atoms with Gasteiger partial charge < -0.3 is 4.74 Å². The lowest BCUT2D eigenvalue weighted by Gasteiger charge is -2.09. The Balaban J connectivity index is 1.78. The number of nitriles is 1. The molecule has 0 fully saturated rings. The van der Waals surface area contributed by atoms with Gasteiger partial charge in [0.15, 0.2) is 0 Å². The zero-order valence-corrected chi connectivity index (χ0v) is 17.6. The molecule has 4 heteroatoms. The van der Waals surface area contributed by atoms with E-state index in [1.807, 2.05) is 78.9 Å². The van der Waals surface area contributed by atoms with Gasteiger partial charge in [-0.15, -0.1) is 0 Å². The van der Waals surface area contributed by atoms with Gasteiger partial charge in [-0.25, -0.2) is 0 Å². The fourth-order valence-electron chi connectivity index (χ4n) is 2.44. The molecule has 2 nitrogen and oxygen atoms in total. The molecule has 0 spiro atoms. The van der Waals surface area contributed by atoms with Gasteiger partial charge in [-0.05, 0) is 85.6 Å². The van der Waals surface area contributed by atoms with E-state index in [0.29, 0.717) is 12.2 Å². The second-order valence-electron chi connectivity index (χ2n) is 5.64. The van der Waals surface area contributed by atoms with Gasteiger partial charge in [0.1, 0.15) is 12.4 Å². The molecule has 0 unspecified atom stereocenters. The molecule has 0 saturated carbocycles. The lowest BCUT2D eigenvalue weighted by Crippen LogP contribution is -1.95. The van der Waals surface area contributed by atoms with Crippen molar-refractivity contribution in [2.24, 2.45) is 0 Å². The van der Waals surface area contributed by atoms with Gasteiger partial charge in [0.05, 0.1) is 16.1 Å². The van der Waals surface area contributed by atoms with E-state index in [1.54, 1.807) is 0 Å². The summed E-state index contributed by atoms with van der Waals surface area (Å²) in [4.78, 5) is 0. The molecule has 128 valence electrons. The predicted octanol–water partition coefficient (Wildman–Crippen LogP) is 6.70. The van der Waals surface area contributed by atoms with Crippen molar-refractivity contribution in [1.82, 2.24) is 0 Å². The normalized spacial score (nSPS) is 11.0. The topological polar surface area (TPSA) is 33.0 Å². The summed E-state index contributed by atoms with van der Waals surface area (Å²) in [5.74, 6) is 0.777. The summed E-state index contributed by atoms with van der Waals surface area (Å²) in [5, 5.41) is 9.49. The summed E-state index contributed by atoms with van der Waals surface area (Å²) in [7, 11) is 0. The van der Waals surface area contributed by atoms with E-state index in [4.69, 9.17) is 4.74 Å². The van der Waals surface area contributed by atoms with Crippen molar-refractivity contribution in [3.8, 4) is 11.8 Å². The maximum absolute atomic E-state index is 9.49. The minimum absolute atomic E-state index is 0.515. The summed E-state index contributed by atoms with van der Waals surface area (Å²) < 4.78 is 7.88. The summed E-state index contributed by atoms with van der Waals surface area (Å²) in [6, 6.07) is 26.1. The Labute approximate surface area is 175 Å². The Morgan fingerprint density at radius 3 is 2.42 bits per heavy atom. The van der Waals surface area contributed by atoms with E-state index in [9.17, 15) is 5.26 Å². The molecule has 0 aliphatic carbocycles. The summed E-state index contributed by atoms with van der Waals surface area (Å²) in [5.41, 5.74) is 3.60. The standard InChI is InChI=1S/C22H15BrINO/c23-21-13-17(12-19(14-25)18-7-9-20(24)10-8-18)6-11-22(21)26-15-16-4-2-1-3-5-16/h1-13H,15H2/b19-12-. The van der Waals surface area contributed by atoms with Crippen LogP contribution < -0.4 is 4.74 Å². The number of hydrogen-bond donors (Lipinski definition) is 0. The van der Waals surface area contributed by atoms with Crippen LogP contribution in [0.3, 0.4) is 0 Å². The highest BCUT2D eigenvalue weighted by molar-refractivity contribution is 14.1. The van der Waals surface area contributed by atoms with E-state index in [0.717, 1.165) is 30.5 Å². The van der Waals surface area contributed by atoms with E-state index >= 15 is 0 Å². The summed E-state index contributed by atoms with van der Waals surface area (Å²) >= 11 is 5.81. The third kappa shape index (κ3) is 4.96. The van der Waals surface area contributed by atoms with Crippen molar-refractivity contribution in [3.05, 3.63) is 97.5 Å². The molecule has 0 N–H and O–H groups in total. The Hall–Kier alpha value is -2.10. The molecular weight excluding hydrogens is 501 g/mol. The van der Waals surface area contributed by atoms with Gasteiger partial charge in [-0.3, -0.25) is 0 Å².